The zero-order valence-electron chi connectivity index (χ0n) is 15.2. The van der Waals surface area contributed by atoms with Gasteiger partial charge in [-0.3, -0.25) is 4.79 Å². The fourth-order valence-corrected chi connectivity index (χ4v) is 3.54. The molecule has 28 heavy (non-hydrogen) atoms. The predicted octanol–water partition coefficient (Wildman–Crippen LogP) is 4.14. The van der Waals surface area contributed by atoms with Gasteiger partial charge in [0.2, 0.25) is 5.91 Å². The zero-order chi connectivity index (χ0) is 19.3. The van der Waals surface area contributed by atoms with Crippen molar-refractivity contribution in [2.75, 3.05) is 18.2 Å². The number of nitrogens with one attached hydrogen (secondary N) is 1. The molecule has 6 nitrogen and oxygen atoms in total. The summed E-state index contributed by atoms with van der Waals surface area (Å²) in [6.45, 7) is 0. The van der Waals surface area contributed by atoms with Crippen LogP contribution in [0.1, 0.15) is 0 Å². The number of amides is 1. The van der Waals surface area contributed by atoms with Gasteiger partial charge in [-0.25, -0.2) is 9.50 Å². The van der Waals surface area contributed by atoms with E-state index in [1.807, 2.05) is 60.7 Å². The number of ether oxygens (including phenoxy) is 1. The fourth-order valence-electron chi connectivity index (χ4n) is 2.76. The molecule has 0 saturated heterocycles. The largest absolute Gasteiger partial charge is 0.497 e. The number of carbonyl (C=O) groups is 1. The molecule has 2 aromatic carbocycles. The topological polar surface area (TPSA) is 68.5 Å². The van der Waals surface area contributed by atoms with E-state index in [9.17, 15) is 4.79 Å². The highest BCUT2D eigenvalue weighted by Crippen LogP contribution is 2.27. The Balaban J connectivity index is 1.51. The highest BCUT2D eigenvalue weighted by Gasteiger charge is 2.11. The van der Waals surface area contributed by atoms with Crippen LogP contribution in [0, 0.1) is 0 Å². The van der Waals surface area contributed by atoms with Gasteiger partial charge in [-0.2, -0.15) is 5.10 Å². The van der Waals surface area contributed by atoms with E-state index in [0.29, 0.717) is 0 Å². The minimum Gasteiger partial charge on any atom is -0.497 e. The molecule has 0 spiro atoms. The summed E-state index contributed by atoms with van der Waals surface area (Å²) < 4.78 is 6.98. The third kappa shape index (κ3) is 3.99. The molecule has 0 unspecified atom stereocenters. The van der Waals surface area contributed by atoms with Crippen LogP contribution in [0.5, 0.6) is 5.75 Å². The van der Waals surface area contributed by atoms with Crippen molar-refractivity contribution in [3.8, 4) is 17.0 Å². The Morgan fingerprint density at radius 1 is 1.14 bits per heavy atom. The van der Waals surface area contributed by atoms with Crippen molar-refractivity contribution in [1.82, 2.24) is 14.6 Å². The highest BCUT2D eigenvalue weighted by atomic mass is 32.2. The Labute approximate surface area is 166 Å². The van der Waals surface area contributed by atoms with Crippen molar-refractivity contribution in [3.63, 3.8) is 0 Å². The average Bonchev–Trinajstić information content (AvgIpc) is 3.18. The summed E-state index contributed by atoms with van der Waals surface area (Å²) in [6, 6.07) is 19.1. The van der Waals surface area contributed by atoms with E-state index in [0.717, 1.165) is 33.2 Å². The maximum atomic E-state index is 12.2. The first-order valence-corrected chi connectivity index (χ1v) is 9.68. The minimum absolute atomic E-state index is 0.0742. The molecule has 1 N–H and O–H groups in total. The predicted molar refractivity (Wildman–Crippen MR) is 111 cm³/mol. The lowest BCUT2D eigenvalue weighted by molar-refractivity contribution is -0.113. The molecule has 140 valence electrons. The number of anilines is 1. The van der Waals surface area contributed by atoms with Gasteiger partial charge in [0.05, 0.1) is 24.1 Å². The highest BCUT2D eigenvalue weighted by molar-refractivity contribution is 8.00. The summed E-state index contributed by atoms with van der Waals surface area (Å²) in [5.41, 5.74) is 3.48. The second kappa shape index (κ2) is 8.14. The number of hydrogen-bond donors (Lipinski definition) is 1. The molecule has 1 amide bonds. The summed E-state index contributed by atoms with van der Waals surface area (Å²) >= 11 is 1.39. The summed E-state index contributed by atoms with van der Waals surface area (Å²) in [7, 11) is 1.64. The van der Waals surface area contributed by atoms with Crippen LogP contribution in [0.15, 0.2) is 78.1 Å². The smallest absolute Gasteiger partial charge is 0.234 e. The molecular weight excluding hydrogens is 372 g/mol. The summed E-state index contributed by atoms with van der Waals surface area (Å²) in [4.78, 5) is 16.6. The molecule has 0 radical (unpaired) electrons. The number of rotatable bonds is 6. The van der Waals surface area contributed by atoms with Gasteiger partial charge in [-0.1, -0.05) is 30.0 Å². The summed E-state index contributed by atoms with van der Waals surface area (Å²) in [5.74, 6) is 0.995. The second-order valence-corrected chi connectivity index (χ2v) is 6.99. The summed E-state index contributed by atoms with van der Waals surface area (Å²) in [5, 5.41) is 8.26. The van der Waals surface area contributed by atoms with E-state index in [1.165, 1.54) is 11.8 Å². The standard InChI is InChI=1S/C21H18N4O2S/c1-27-17-9-7-15(8-10-17)18-13-19-21(22-11-12-25(19)24-18)28-14-20(26)23-16-5-3-2-4-6-16/h2-13H,14H2,1H3,(H,23,26). The number of aromatic nitrogens is 3. The first kappa shape index (κ1) is 18.1. The Hall–Kier alpha value is -3.32. The lowest BCUT2D eigenvalue weighted by Crippen LogP contribution is -2.14. The third-order valence-electron chi connectivity index (χ3n) is 4.14. The number of thioether (sulfide) groups is 1. The Bertz CT molecular complexity index is 1090. The van der Waals surface area contributed by atoms with Crippen molar-refractivity contribution in [1.29, 1.82) is 0 Å². The van der Waals surface area contributed by atoms with Gasteiger partial charge in [0, 0.05) is 23.6 Å². The third-order valence-corrected chi connectivity index (χ3v) is 5.13. The number of hydrogen-bond acceptors (Lipinski definition) is 5. The molecule has 0 aliphatic heterocycles. The zero-order valence-corrected chi connectivity index (χ0v) is 16.0. The molecule has 0 saturated carbocycles. The lowest BCUT2D eigenvalue weighted by Gasteiger charge is -2.05. The molecule has 0 aliphatic rings. The van der Waals surface area contributed by atoms with Crippen molar-refractivity contribution < 1.29 is 9.53 Å². The van der Waals surface area contributed by atoms with E-state index >= 15 is 0 Å². The van der Waals surface area contributed by atoms with Crippen LogP contribution < -0.4 is 10.1 Å². The molecule has 0 atom stereocenters. The first-order chi connectivity index (χ1) is 13.7. The summed E-state index contributed by atoms with van der Waals surface area (Å²) in [6.07, 6.45) is 3.49. The van der Waals surface area contributed by atoms with Gasteiger partial charge in [0.15, 0.2) is 0 Å². The van der Waals surface area contributed by atoms with Gasteiger partial charge >= 0.3 is 0 Å². The van der Waals surface area contributed by atoms with Gasteiger partial charge in [0.25, 0.3) is 0 Å². The van der Waals surface area contributed by atoms with Crippen LogP contribution in [0.3, 0.4) is 0 Å². The van der Waals surface area contributed by atoms with Gasteiger partial charge in [0.1, 0.15) is 10.8 Å². The number of methoxy groups -OCH3 is 1. The van der Waals surface area contributed by atoms with Crippen LogP contribution in [0.25, 0.3) is 16.8 Å². The number of carbonyl (C=O) groups excluding carboxylic acids is 1. The average molecular weight is 390 g/mol. The fraction of sp³-hybridized carbons (Fsp3) is 0.0952. The Morgan fingerprint density at radius 3 is 2.68 bits per heavy atom. The number of fused-ring (bicyclic) bond motifs is 1. The molecule has 0 fully saturated rings. The van der Waals surface area contributed by atoms with Crippen LogP contribution in [-0.2, 0) is 4.79 Å². The molecular formula is C21H18N4O2S. The van der Waals surface area contributed by atoms with Crippen molar-refractivity contribution in [2.45, 2.75) is 5.03 Å². The van der Waals surface area contributed by atoms with Crippen LogP contribution in [0.2, 0.25) is 0 Å². The second-order valence-electron chi connectivity index (χ2n) is 6.02. The van der Waals surface area contributed by atoms with Gasteiger partial charge in [-0.15, -0.1) is 0 Å². The maximum absolute atomic E-state index is 12.2. The number of para-hydroxylation sites is 1. The minimum atomic E-state index is -0.0742. The Kier molecular flexibility index (Phi) is 5.25. The normalized spacial score (nSPS) is 10.8. The van der Waals surface area contributed by atoms with Crippen LogP contribution in [-0.4, -0.2) is 33.4 Å². The van der Waals surface area contributed by atoms with E-state index in [1.54, 1.807) is 24.0 Å². The van der Waals surface area contributed by atoms with Crippen molar-refractivity contribution in [2.24, 2.45) is 0 Å². The van der Waals surface area contributed by atoms with Crippen molar-refractivity contribution in [3.05, 3.63) is 73.1 Å². The van der Waals surface area contributed by atoms with E-state index < -0.39 is 0 Å². The maximum Gasteiger partial charge on any atom is 0.234 e. The van der Waals surface area contributed by atoms with Crippen LogP contribution in [0.4, 0.5) is 5.69 Å². The number of benzene rings is 2. The SMILES string of the molecule is COc1ccc(-c2cc3c(SCC(=O)Nc4ccccc4)nccn3n2)cc1. The molecule has 7 heteroatoms. The van der Waals surface area contributed by atoms with E-state index in [-0.39, 0.29) is 11.7 Å². The first-order valence-electron chi connectivity index (χ1n) is 8.69. The molecule has 2 aromatic heterocycles. The van der Waals surface area contributed by atoms with E-state index in [4.69, 9.17) is 4.74 Å². The van der Waals surface area contributed by atoms with Gasteiger partial charge < -0.3 is 10.1 Å². The molecule has 0 bridgehead atoms. The Morgan fingerprint density at radius 2 is 1.93 bits per heavy atom. The van der Waals surface area contributed by atoms with Crippen molar-refractivity contribution >= 4 is 28.9 Å². The quantitative estimate of drug-likeness (QED) is 0.501. The number of nitrogens with zero attached hydrogens (tertiary/aromatic N) is 3. The van der Waals surface area contributed by atoms with Crippen LogP contribution >= 0.6 is 11.8 Å². The molecule has 0 aliphatic carbocycles. The molecule has 4 aromatic rings. The molecule has 2 heterocycles. The molecule has 4 rings (SSSR count). The lowest BCUT2D eigenvalue weighted by atomic mass is 10.1. The van der Waals surface area contributed by atoms with Gasteiger partial charge in [-0.05, 0) is 42.5 Å². The van der Waals surface area contributed by atoms with E-state index in [2.05, 4.69) is 15.4 Å². The monoisotopic (exact) mass is 390 g/mol.